The van der Waals surface area contributed by atoms with E-state index >= 15 is 0 Å². The Labute approximate surface area is 260 Å². The number of halogens is 2. The van der Waals surface area contributed by atoms with Crippen LogP contribution in [0.5, 0.6) is 0 Å². The predicted molar refractivity (Wildman–Crippen MR) is 164 cm³/mol. The van der Waals surface area contributed by atoms with Crippen molar-refractivity contribution in [2.24, 2.45) is 5.92 Å². The molecule has 2 aromatic carbocycles. The highest BCUT2D eigenvalue weighted by atomic mass is 32.2. The maximum absolute atomic E-state index is 14.1. The molecule has 0 saturated carbocycles. The third-order valence-electron chi connectivity index (χ3n) is 8.18. The summed E-state index contributed by atoms with van der Waals surface area (Å²) in [6.07, 6.45) is 4.75. The number of aromatic nitrogens is 1. The van der Waals surface area contributed by atoms with E-state index in [-0.39, 0.29) is 29.1 Å². The molecule has 2 saturated heterocycles. The number of pyridine rings is 1. The van der Waals surface area contributed by atoms with Crippen LogP contribution < -0.4 is 10.0 Å². The van der Waals surface area contributed by atoms with E-state index in [4.69, 9.17) is 0 Å². The number of amides is 2. The zero-order valence-electron chi connectivity index (χ0n) is 24.8. The van der Waals surface area contributed by atoms with Crippen molar-refractivity contribution < 1.29 is 31.6 Å². The maximum atomic E-state index is 14.1. The molecular formula is C32H35F2N5O5S. The van der Waals surface area contributed by atoms with Crippen molar-refractivity contribution in [2.45, 2.75) is 38.3 Å². The molecule has 45 heavy (non-hydrogen) atoms. The van der Waals surface area contributed by atoms with E-state index in [0.29, 0.717) is 43.2 Å². The maximum Gasteiger partial charge on any atom is 0.272 e. The molecule has 2 amide bonds. The Morgan fingerprint density at radius 3 is 2.20 bits per heavy atom. The largest absolute Gasteiger partial charge is 0.349 e. The highest BCUT2D eigenvalue weighted by Gasteiger charge is 2.30. The molecule has 2 fully saturated rings. The zero-order valence-corrected chi connectivity index (χ0v) is 25.7. The SMILES string of the molecule is CS(=O)(=O)Nc1ccc(CN2CCC(NC(=O)c3ccc(C(=O)N4CCC(C(=O)c5ccc(F)cc5F)CC4)nc3)CC2)cc1. The minimum Gasteiger partial charge on any atom is -0.349 e. The first-order chi connectivity index (χ1) is 21.4. The summed E-state index contributed by atoms with van der Waals surface area (Å²) < 4.78 is 52.5. The number of nitrogens with one attached hydrogen (secondary N) is 2. The average molecular weight is 640 g/mol. The lowest BCUT2D eigenvalue weighted by Crippen LogP contribution is -2.44. The Hall–Kier alpha value is -4.23. The molecule has 0 atom stereocenters. The van der Waals surface area contributed by atoms with Crippen LogP contribution in [0.15, 0.2) is 60.8 Å². The van der Waals surface area contributed by atoms with Gasteiger partial charge in [0.1, 0.15) is 17.3 Å². The lowest BCUT2D eigenvalue weighted by atomic mass is 9.88. The van der Waals surface area contributed by atoms with Gasteiger partial charge in [-0.1, -0.05) is 12.1 Å². The number of hydrogen-bond acceptors (Lipinski definition) is 7. The van der Waals surface area contributed by atoms with E-state index in [1.807, 2.05) is 12.1 Å². The Morgan fingerprint density at radius 1 is 0.911 bits per heavy atom. The fourth-order valence-corrected chi connectivity index (χ4v) is 6.29. The van der Waals surface area contributed by atoms with Crippen LogP contribution in [0.25, 0.3) is 0 Å². The molecule has 2 N–H and O–H groups in total. The van der Waals surface area contributed by atoms with Gasteiger partial charge in [-0.15, -0.1) is 0 Å². The Bertz CT molecular complexity index is 1650. The summed E-state index contributed by atoms with van der Waals surface area (Å²) in [5.41, 5.74) is 1.98. The summed E-state index contributed by atoms with van der Waals surface area (Å²) in [6.45, 7) is 2.90. The monoisotopic (exact) mass is 639 g/mol. The van der Waals surface area contributed by atoms with E-state index < -0.39 is 33.4 Å². The van der Waals surface area contributed by atoms with E-state index in [0.717, 1.165) is 56.4 Å². The topological polar surface area (TPSA) is 129 Å². The first-order valence-electron chi connectivity index (χ1n) is 14.8. The standard InChI is InChI=1S/C32H35F2N5O5S/c1-45(43,44)37-26-6-2-21(3-7-26)20-38-14-12-25(13-15-38)36-31(41)23-4-9-29(35-19-23)32(42)39-16-10-22(11-17-39)30(40)27-8-5-24(33)18-28(27)34/h2-9,18-19,22,25,37H,10-17,20H2,1H3,(H,36,41). The quantitative estimate of drug-likeness (QED) is 0.341. The number of ketones is 1. The molecule has 10 nitrogen and oxygen atoms in total. The first-order valence-corrected chi connectivity index (χ1v) is 16.7. The molecule has 0 radical (unpaired) electrons. The predicted octanol–water partition coefficient (Wildman–Crippen LogP) is 3.86. The molecule has 3 aromatic rings. The van der Waals surface area contributed by atoms with Gasteiger partial charge in [0.15, 0.2) is 5.78 Å². The summed E-state index contributed by atoms with van der Waals surface area (Å²) in [7, 11) is -3.32. The summed E-state index contributed by atoms with van der Waals surface area (Å²) in [5.74, 6) is -3.06. The van der Waals surface area contributed by atoms with Gasteiger partial charge in [-0.25, -0.2) is 17.2 Å². The number of benzene rings is 2. The summed E-state index contributed by atoms with van der Waals surface area (Å²) in [6, 6.07) is 13.3. The van der Waals surface area contributed by atoms with Crippen LogP contribution in [0.4, 0.5) is 14.5 Å². The van der Waals surface area contributed by atoms with Crippen molar-refractivity contribution in [3.05, 3.63) is 94.8 Å². The first kappa shape index (κ1) is 32.2. The number of carbonyl (C=O) groups is 3. The van der Waals surface area contributed by atoms with Gasteiger partial charge < -0.3 is 10.2 Å². The zero-order chi connectivity index (χ0) is 32.1. The van der Waals surface area contributed by atoms with Gasteiger partial charge in [0.2, 0.25) is 10.0 Å². The van der Waals surface area contributed by atoms with Gasteiger partial charge in [0, 0.05) is 62.6 Å². The van der Waals surface area contributed by atoms with Crippen LogP contribution in [-0.2, 0) is 16.6 Å². The van der Waals surface area contributed by atoms with E-state index in [1.165, 1.54) is 12.3 Å². The van der Waals surface area contributed by atoms with Gasteiger partial charge in [0.25, 0.3) is 11.8 Å². The molecule has 0 spiro atoms. The van der Waals surface area contributed by atoms with Gasteiger partial charge >= 0.3 is 0 Å². The van der Waals surface area contributed by atoms with Crippen LogP contribution >= 0.6 is 0 Å². The number of anilines is 1. The summed E-state index contributed by atoms with van der Waals surface area (Å²) >= 11 is 0. The number of hydrogen-bond donors (Lipinski definition) is 2. The number of Topliss-reactive ketones (excluding diaryl/α,β-unsaturated/α-hetero) is 1. The lowest BCUT2D eigenvalue weighted by Gasteiger charge is -2.32. The average Bonchev–Trinajstić information content (AvgIpc) is 3.02. The number of likely N-dealkylation sites (tertiary alicyclic amines) is 2. The van der Waals surface area contributed by atoms with Crippen molar-refractivity contribution in [3.8, 4) is 0 Å². The van der Waals surface area contributed by atoms with Crippen LogP contribution in [-0.4, -0.2) is 79.3 Å². The minimum absolute atomic E-state index is 0.00351. The molecule has 2 aliphatic heterocycles. The molecule has 3 heterocycles. The Morgan fingerprint density at radius 2 is 1.60 bits per heavy atom. The molecule has 2 aliphatic rings. The fourth-order valence-electron chi connectivity index (χ4n) is 5.73. The van der Waals surface area contributed by atoms with Crippen molar-refractivity contribution in [1.82, 2.24) is 20.1 Å². The van der Waals surface area contributed by atoms with E-state index in [9.17, 15) is 31.6 Å². The van der Waals surface area contributed by atoms with Crippen molar-refractivity contribution >= 4 is 33.3 Å². The highest BCUT2D eigenvalue weighted by Crippen LogP contribution is 2.25. The van der Waals surface area contributed by atoms with Gasteiger partial charge in [0.05, 0.1) is 17.4 Å². The second-order valence-corrected chi connectivity index (χ2v) is 13.3. The minimum atomic E-state index is -3.32. The third kappa shape index (κ3) is 8.49. The lowest BCUT2D eigenvalue weighted by molar-refractivity contribution is 0.0644. The fraction of sp³-hybridized carbons (Fsp3) is 0.375. The number of nitrogens with zero attached hydrogens (tertiary/aromatic N) is 3. The smallest absolute Gasteiger partial charge is 0.272 e. The highest BCUT2D eigenvalue weighted by molar-refractivity contribution is 7.92. The van der Waals surface area contributed by atoms with Crippen LogP contribution in [0.3, 0.4) is 0 Å². The summed E-state index contributed by atoms with van der Waals surface area (Å²) in [4.78, 5) is 46.7. The normalized spacial score (nSPS) is 16.7. The number of sulfonamides is 1. The van der Waals surface area contributed by atoms with Gasteiger partial charge in [-0.05, 0) is 67.6 Å². The van der Waals surface area contributed by atoms with Crippen molar-refractivity contribution in [2.75, 3.05) is 37.2 Å². The summed E-state index contributed by atoms with van der Waals surface area (Å²) in [5, 5.41) is 3.05. The van der Waals surface area contributed by atoms with Gasteiger partial charge in [-0.3, -0.25) is 29.0 Å². The molecule has 0 bridgehead atoms. The second-order valence-electron chi connectivity index (χ2n) is 11.6. The number of rotatable bonds is 9. The molecule has 0 unspecified atom stereocenters. The molecule has 0 aliphatic carbocycles. The van der Waals surface area contributed by atoms with E-state index in [1.54, 1.807) is 23.1 Å². The third-order valence-corrected chi connectivity index (χ3v) is 8.79. The Balaban J connectivity index is 1.06. The molecule has 5 rings (SSSR count). The van der Waals surface area contributed by atoms with Gasteiger partial charge in [-0.2, -0.15) is 0 Å². The number of carbonyl (C=O) groups excluding carboxylic acids is 3. The van der Waals surface area contributed by atoms with Crippen molar-refractivity contribution in [3.63, 3.8) is 0 Å². The van der Waals surface area contributed by atoms with Crippen molar-refractivity contribution in [1.29, 1.82) is 0 Å². The second kappa shape index (κ2) is 13.8. The van der Waals surface area contributed by atoms with Crippen LogP contribution in [0.1, 0.15) is 62.5 Å². The van der Waals surface area contributed by atoms with Crippen LogP contribution in [0, 0.1) is 17.6 Å². The van der Waals surface area contributed by atoms with Crippen LogP contribution in [0.2, 0.25) is 0 Å². The molecule has 1 aromatic heterocycles. The molecule has 238 valence electrons. The van der Waals surface area contributed by atoms with E-state index in [2.05, 4.69) is 19.9 Å². The number of piperidine rings is 2. The molecular weight excluding hydrogens is 604 g/mol. The molecule has 13 heteroatoms. The Kier molecular flexibility index (Phi) is 9.88.